The predicted octanol–water partition coefficient (Wildman–Crippen LogP) is 3.35. The Kier molecular flexibility index (Phi) is 3.22. The van der Waals surface area contributed by atoms with Crippen LogP contribution >= 0.6 is 0 Å². The first-order chi connectivity index (χ1) is 9.22. The van der Waals surface area contributed by atoms with E-state index in [2.05, 4.69) is 25.0 Å². The Morgan fingerprint density at radius 1 is 1.11 bits per heavy atom. The number of benzene rings is 2. The van der Waals surface area contributed by atoms with E-state index in [1.54, 1.807) is 6.07 Å². The van der Waals surface area contributed by atoms with Gasteiger partial charge in [-0.2, -0.15) is 0 Å². The van der Waals surface area contributed by atoms with Crippen LogP contribution in [0.2, 0.25) is 6.82 Å². The Balaban J connectivity index is 1.84. The summed E-state index contributed by atoms with van der Waals surface area (Å²) in [6, 6.07) is 12.9. The van der Waals surface area contributed by atoms with Gasteiger partial charge in [-0.3, -0.25) is 0 Å². The first-order valence-corrected chi connectivity index (χ1v) is 6.40. The van der Waals surface area contributed by atoms with Crippen molar-refractivity contribution in [1.82, 2.24) is 0 Å². The summed E-state index contributed by atoms with van der Waals surface area (Å²) in [4.78, 5) is 0. The second-order valence-corrected chi connectivity index (χ2v) is 4.80. The van der Waals surface area contributed by atoms with Crippen LogP contribution in [0, 0.1) is 5.82 Å². The molecule has 19 heavy (non-hydrogen) atoms. The van der Waals surface area contributed by atoms with E-state index >= 15 is 0 Å². The minimum atomic E-state index is -0.210. The monoisotopic (exact) mass is 252 g/mol. The van der Waals surface area contributed by atoms with Gasteiger partial charge < -0.3 is 4.65 Å². The summed E-state index contributed by atoms with van der Waals surface area (Å²) >= 11 is 0. The molecule has 3 rings (SSSR count). The van der Waals surface area contributed by atoms with Crippen LogP contribution in [0.3, 0.4) is 0 Å². The van der Waals surface area contributed by atoms with E-state index in [9.17, 15) is 4.39 Å². The highest BCUT2D eigenvalue weighted by atomic mass is 19.1. The lowest BCUT2D eigenvalue weighted by Gasteiger charge is -2.01. The van der Waals surface area contributed by atoms with Crippen molar-refractivity contribution >= 4 is 24.5 Å². The minimum absolute atomic E-state index is 0.191. The molecule has 1 heterocycles. The molecule has 0 unspecified atom stereocenters. The Morgan fingerprint density at radius 3 is 2.68 bits per heavy atom. The molecule has 94 valence electrons. The van der Waals surface area contributed by atoms with Crippen molar-refractivity contribution in [2.24, 2.45) is 0 Å². The number of halogens is 1. The molecule has 0 saturated carbocycles. The zero-order chi connectivity index (χ0) is 13.2. The van der Waals surface area contributed by atoms with Crippen molar-refractivity contribution in [2.75, 3.05) is 0 Å². The zero-order valence-electron chi connectivity index (χ0n) is 10.8. The largest absolute Gasteiger partial charge is 0.427 e. The molecule has 2 aromatic carbocycles. The molecule has 0 radical (unpaired) electrons. The predicted molar refractivity (Wildman–Crippen MR) is 77.8 cm³/mol. The van der Waals surface area contributed by atoms with Gasteiger partial charge in [0.05, 0.1) is 6.61 Å². The quantitative estimate of drug-likeness (QED) is 0.588. The maximum atomic E-state index is 13.1. The molecule has 0 saturated heterocycles. The molecule has 0 N–H and O–H groups in total. The van der Waals surface area contributed by atoms with Crippen molar-refractivity contribution in [3.63, 3.8) is 0 Å². The van der Waals surface area contributed by atoms with Crippen LogP contribution in [0.25, 0.3) is 12.2 Å². The minimum Gasteiger partial charge on any atom is -0.427 e. The van der Waals surface area contributed by atoms with Crippen LogP contribution in [0.4, 0.5) is 4.39 Å². The second-order valence-electron chi connectivity index (χ2n) is 4.80. The van der Waals surface area contributed by atoms with Crippen LogP contribution in [0.15, 0.2) is 42.5 Å². The van der Waals surface area contributed by atoms with Gasteiger partial charge >= 0.3 is 6.92 Å². The van der Waals surface area contributed by atoms with Gasteiger partial charge in [0.2, 0.25) is 0 Å². The van der Waals surface area contributed by atoms with E-state index in [0.717, 1.165) is 11.1 Å². The van der Waals surface area contributed by atoms with Crippen LogP contribution in [0.1, 0.15) is 16.7 Å². The lowest BCUT2D eigenvalue weighted by molar-refractivity contribution is 0.333. The van der Waals surface area contributed by atoms with E-state index in [-0.39, 0.29) is 12.7 Å². The van der Waals surface area contributed by atoms with Crippen molar-refractivity contribution < 1.29 is 9.04 Å². The fraction of sp³-hybridized carbons (Fsp3) is 0.125. The van der Waals surface area contributed by atoms with Gasteiger partial charge in [-0.05, 0) is 40.4 Å². The molecule has 1 nitrogen and oxygen atoms in total. The van der Waals surface area contributed by atoms with Crippen LogP contribution in [-0.2, 0) is 11.3 Å². The topological polar surface area (TPSA) is 9.23 Å². The molecule has 0 fully saturated rings. The smallest absolute Gasteiger partial charge is 0.324 e. The Morgan fingerprint density at radius 2 is 1.89 bits per heavy atom. The molecule has 2 aromatic rings. The standard InChI is InChI=1S/C16H14BFO/c1-17-16-8-7-13(9-14(16)11-19-17)6-5-12-3-2-4-15(18)10-12/h2-10H,11H2,1H3/b6-5+. The van der Waals surface area contributed by atoms with Gasteiger partial charge in [0.1, 0.15) is 5.82 Å². The lowest BCUT2D eigenvalue weighted by atomic mass is 9.64. The number of fused-ring (bicyclic) bond motifs is 1. The molecule has 0 amide bonds. The maximum Gasteiger partial charge on any atom is 0.324 e. The Hall–Kier alpha value is -1.87. The van der Waals surface area contributed by atoms with E-state index in [4.69, 9.17) is 4.65 Å². The third-order valence-corrected chi connectivity index (χ3v) is 3.41. The molecule has 0 aromatic heterocycles. The molecule has 0 spiro atoms. The summed E-state index contributed by atoms with van der Waals surface area (Å²) < 4.78 is 18.6. The SMILES string of the molecule is CB1OCc2cc(/C=C/c3cccc(F)c3)ccc21. The van der Waals surface area contributed by atoms with Gasteiger partial charge in [-0.15, -0.1) is 0 Å². The highest BCUT2D eigenvalue weighted by molar-refractivity contribution is 6.67. The van der Waals surface area contributed by atoms with Crippen LogP contribution in [-0.4, -0.2) is 6.92 Å². The maximum absolute atomic E-state index is 13.1. The normalized spacial score (nSPS) is 14.1. The summed E-state index contributed by atoms with van der Waals surface area (Å²) in [6.45, 7) is 2.93. The summed E-state index contributed by atoms with van der Waals surface area (Å²) in [7, 11) is 0. The zero-order valence-corrected chi connectivity index (χ0v) is 10.8. The van der Waals surface area contributed by atoms with Crippen LogP contribution < -0.4 is 5.46 Å². The van der Waals surface area contributed by atoms with Gasteiger partial charge in [0.25, 0.3) is 0 Å². The summed E-state index contributed by atoms with van der Waals surface area (Å²) in [6.07, 6.45) is 3.92. The summed E-state index contributed by atoms with van der Waals surface area (Å²) in [5.41, 5.74) is 4.49. The molecule has 1 aliphatic rings. The Bertz CT molecular complexity index is 636. The molecule has 0 aliphatic carbocycles. The molecular weight excluding hydrogens is 238 g/mol. The summed E-state index contributed by atoms with van der Waals surface area (Å²) in [5, 5.41) is 0. The lowest BCUT2D eigenvalue weighted by Crippen LogP contribution is -2.23. The van der Waals surface area contributed by atoms with Crippen molar-refractivity contribution in [3.8, 4) is 0 Å². The average molecular weight is 252 g/mol. The molecule has 1 aliphatic heterocycles. The van der Waals surface area contributed by atoms with E-state index in [1.165, 1.54) is 23.2 Å². The van der Waals surface area contributed by atoms with Gasteiger partial charge in [-0.1, -0.05) is 43.2 Å². The van der Waals surface area contributed by atoms with Crippen LogP contribution in [0.5, 0.6) is 0 Å². The highest BCUT2D eigenvalue weighted by Gasteiger charge is 2.22. The molecule has 0 atom stereocenters. The number of rotatable bonds is 2. The van der Waals surface area contributed by atoms with Crippen molar-refractivity contribution in [1.29, 1.82) is 0 Å². The molecule has 3 heteroatoms. The van der Waals surface area contributed by atoms with Gasteiger partial charge in [0.15, 0.2) is 0 Å². The first-order valence-electron chi connectivity index (χ1n) is 6.40. The van der Waals surface area contributed by atoms with Gasteiger partial charge in [-0.25, -0.2) is 4.39 Å². The highest BCUT2D eigenvalue weighted by Crippen LogP contribution is 2.15. The molecule has 0 bridgehead atoms. The van der Waals surface area contributed by atoms with Crippen molar-refractivity contribution in [2.45, 2.75) is 13.4 Å². The number of hydrogen-bond donors (Lipinski definition) is 0. The van der Waals surface area contributed by atoms with Gasteiger partial charge in [0, 0.05) is 0 Å². The van der Waals surface area contributed by atoms with E-state index in [1.807, 2.05) is 18.2 Å². The average Bonchev–Trinajstić information content (AvgIpc) is 2.78. The van der Waals surface area contributed by atoms with Crippen molar-refractivity contribution in [3.05, 3.63) is 65.0 Å². The summed E-state index contributed by atoms with van der Waals surface area (Å²) in [5.74, 6) is -0.210. The van der Waals surface area contributed by atoms with E-state index in [0.29, 0.717) is 6.61 Å². The fourth-order valence-electron chi connectivity index (χ4n) is 2.36. The molecular formula is C16H14BFO. The fourth-order valence-corrected chi connectivity index (χ4v) is 2.36. The second kappa shape index (κ2) is 5.02. The first kappa shape index (κ1) is 12.2. The third kappa shape index (κ3) is 2.61. The third-order valence-electron chi connectivity index (χ3n) is 3.41. The number of hydrogen-bond acceptors (Lipinski definition) is 1. The van der Waals surface area contributed by atoms with E-state index < -0.39 is 0 Å². The Labute approximate surface area is 112 Å².